The fraction of sp³-hybridized carbons (Fsp3) is 0.478. The van der Waals surface area contributed by atoms with Gasteiger partial charge in [-0.05, 0) is 31.1 Å². The Balaban J connectivity index is 1.74. The molecule has 0 N–H and O–H groups in total. The van der Waals surface area contributed by atoms with Gasteiger partial charge in [0, 0.05) is 0 Å². The van der Waals surface area contributed by atoms with Crippen molar-refractivity contribution in [3.8, 4) is 0 Å². The Morgan fingerprint density at radius 2 is 0.958 bits per heavy atom. The molecule has 0 spiro atoms. The van der Waals surface area contributed by atoms with Crippen molar-refractivity contribution in [3.05, 3.63) is 60.7 Å². The van der Waals surface area contributed by atoms with E-state index in [1.165, 1.54) is 74.6 Å². The van der Waals surface area contributed by atoms with Gasteiger partial charge in [-0.1, -0.05) is 119 Å². The highest BCUT2D eigenvalue weighted by molar-refractivity contribution is 7.73. The first-order valence-electron chi connectivity index (χ1n) is 9.79. The smallest absolute Gasteiger partial charge is 0.0195 e. The molecule has 0 aliphatic rings. The third-order valence-electron chi connectivity index (χ3n) is 4.62. The molecule has 24 heavy (non-hydrogen) atoms. The highest BCUT2D eigenvalue weighted by atomic mass is 31.1. The number of hydrogen-bond acceptors (Lipinski definition) is 0. The molecule has 2 rings (SSSR count). The standard InChI is InChI=1S/C23H33P/c1-2-3-4-5-6-7-8-9-16-21-24(22-17-12-10-13-18-22)23-19-14-11-15-20-23/h10-15,17-20H,2-9,16,21H2,1H3. The highest BCUT2D eigenvalue weighted by Gasteiger charge is 2.12. The topological polar surface area (TPSA) is 0 Å². The summed E-state index contributed by atoms with van der Waals surface area (Å²) in [6, 6.07) is 22.2. The van der Waals surface area contributed by atoms with Crippen LogP contribution in [0.1, 0.15) is 64.7 Å². The number of benzene rings is 2. The molecule has 0 radical (unpaired) electrons. The third-order valence-corrected chi connectivity index (χ3v) is 7.23. The molecule has 0 bridgehead atoms. The van der Waals surface area contributed by atoms with Gasteiger partial charge in [0.2, 0.25) is 0 Å². The van der Waals surface area contributed by atoms with Crippen LogP contribution in [-0.2, 0) is 0 Å². The second-order valence-electron chi connectivity index (χ2n) is 6.65. The fourth-order valence-corrected chi connectivity index (χ4v) is 5.62. The summed E-state index contributed by atoms with van der Waals surface area (Å²) in [6.45, 7) is 2.29. The summed E-state index contributed by atoms with van der Waals surface area (Å²) in [5, 5.41) is 3.05. The lowest BCUT2D eigenvalue weighted by Crippen LogP contribution is -2.13. The molecule has 2 aromatic rings. The molecule has 0 fully saturated rings. The Bertz CT molecular complexity index is 481. The van der Waals surface area contributed by atoms with Crippen LogP contribution < -0.4 is 10.6 Å². The highest BCUT2D eigenvalue weighted by Crippen LogP contribution is 2.34. The molecule has 130 valence electrons. The zero-order valence-electron chi connectivity index (χ0n) is 15.3. The van der Waals surface area contributed by atoms with E-state index in [4.69, 9.17) is 0 Å². The molecular weight excluding hydrogens is 307 g/mol. The van der Waals surface area contributed by atoms with Gasteiger partial charge in [0.15, 0.2) is 0 Å². The molecule has 0 nitrogen and oxygen atoms in total. The van der Waals surface area contributed by atoms with Crippen molar-refractivity contribution < 1.29 is 0 Å². The minimum atomic E-state index is -0.183. The first kappa shape index (κ1) is 19.2. The van der Waals surface area contributed by atoms with Crippen molar-refractivity contribution in [3.63, 3.8) is 0 Å². The second kappa shape index (κ2) is 12.3. The van der Waals surface area contributed by atoms with Gasteiger partial charge in [0.1, 0.15) is 0 Å². The van der Waals surface area contributed by atoms with E-state index in [-0.39, 0.29) is 7.92 Å². The summed E-state index contributed by atoms with van der Waals surface area (Å²) in [5.74, 6) is 0. The Morgan fingerprint density at radius 1 is 0.542 bits per heavy atom. The van der Waals surface area contributed by atoms with Crippen LogP contribution in [0, 0.1) is 0 Å². The number of rotatable bonds is 12. The SMILES string of the molecule is CCCCCCCCCCCP(c1ccccc1)c1ccccc1. The summed E-state index contributed by atoms with van der Waals surface area (Å²) in [6.07, 6.45) is 14.0. The molecule has 0 heterocycles. The zero-order valence-corrected chi connectivity index (χ0v) is 16.2. The van der Waals surface area contributed by atoms with E-state index in [0.717, 1.165) is 0 Å². The molecule has 2 aromatic carbocycles. The molecule has 0 saturated carbocycles. The van der Waals surface area contributed by atoms with Crippen LogP contribution in [0.4, 0.5) is 0 Å². The minimum absolute atomic E-state index is 0.183. The normalized spacial score (nSPS) is 11.1. The fourth-order valence-electron chi connectivity index (χ4n) is 3.20. The molecule has 0 saturated heterocycles. The predicted molar refractivity (Wildman–Crippen MR) is 111 cm³/mol. The van der Waals surface area contributed by atoms with Crippen LogP contribution in [-0.4, -0.2) is 6.16 Å². The summed E-state index contributed by atoms with van der Waals surface area (Å²) < 4.78 is 0. The lowest BCUT2D eigenvalue weighted by atomic mass is 10.1. The zero-order chi connectivity index (χ0) is 16.9. The molecule has 1 heteroatoms. The summed E-state index contributed by atoms with van der Waals surface area (Å²) in [7, 11) is -0.183. The monoisotopic (exact) mass is 340 g/mol. The van der Waals surface area contributed by atoms with Crippen LogP contribution in [0.5, 0.6) is 0 Å². The number of hydrogen-bond donors (Lipinski definition) is 0. The van der Waals surface area contributed by atoms with Crippen LogP contribution in [0.15, 0.2) is 60.7 Å². The first-order chi connectivity index (χ1) is 11.9. The Kier molecular flexibility index (Phi) is 9.81. The number of unbranched alkanes of at least 4 members (excludes halogenated alkanes) is 8. The molecule has 0 aliphatic heterocycles. The van der Waals surface area contributed by atoms with Gasteiger partial charge in [-0.3, -0.25) is 0 Å². The van der Waals surface area contributed by atoms with Crippen molar-refractivity contribution in [1.82, 2.24) is 0 Å². The van der Waals surface area contributed by atoms with E-state index in [2.05, 4.69) is 67.6 Å². The van der Waals surface area contributed by atoms with Crippen LogP contribution in [0.2, 0.25) is 0 Å². The maximum atomic E-state index is 2.31. The molecule has 0 aliphatic carbocycles. The molecular formula is C23H33P. The first-order valence-corrected chi connectivity index (χ1v) is 11.3. The van der Waals surface area contributed by atoms with Gasteiger partial charge in [-0.15, -0.1) is 0 Å². The van der Waals surface area contributed by atoms with Crippen molar-refractivity contribution in [2.24, 2.45) is 0 Å². The quantitative estimate of drug-likeness (QED) is 0.300. The van der Waals surface area contributed by atoms with Crippen LogP contribution >= 0.6 is 7.92 Å². The van der Waals surface area contributed by atoms with Crippen molar-refractivity contribution in [2.45, 2.75) is 64.7 Å². The van der Waals surface area contributed by atoms with Gasteiger partial charge < -0.3 is 0 Å². The average Bonchev–Trinajstić information content (AvgIpc) is 2.65. The van der Waals surface area contributed by atoms with Gasteiger partial charge in [-0.25, -0.2) is 0 Å². The van der Waals surface area contributed by atoms with Crippen molar-refractivity contribution in [2.75, 3.05) is 6.16 Å². The van der Waals surface area contributed by atoms with E-state index >= 15 is 0 Å². The van der Waals surface area contributed by atoms with E-state index in [1.807, 2.05) is 0 Å². The second-order valence-corrected chi connectivity index (χ2v) is 8.99. The summed E-state index contributed by atoms with van der Waals surface area (Å²) in [5.41, 5.74) is 0. The van der Waals surface area contributed by atoms with Crippen LogP contribution in [0.3, 0.4) is 0 Å². The Hall–Kier alpha value is -1.13. The Labute approximate surface area is 150 Å². The maximum absolute atomic E-state index is 2.31. The lowest BCUT2D eigenvalue weighted by Gasteiger charge is -2.18. The molecule has 0 amide bonds. The van der Waals surface area contributed by atoms with Gasteiger partial charge >= 0.3 is 0 Å². The molecule has 0 aromatic heterocycles. The minimum Gasteiger partial charge on any atom is -0.0654 e. The third kappa shape index (κ3) is 7.18. The molecule has 0 unspecified atom stereocenters. The van der Waals surface area contributed by atoms with E-state index in [9.17, 15) is 0 Å². The van der Waals surface area contributed by atoms with E-state index in [0.29, 0.717) is 0 Å². The van der Waals surface area contributed by atoms with E-state index in [1.54, 1.807) is 0 Å². The van der Waals surface area contributed by atoms with Crippen LogP contribution in [0.25, 0.3) is 0 Å². The van der Waals surface area contributed by atoms with Gasteiger partial charge in [-0.2, -0.15) is 0 Å². The largest absolute Gasteiger partial charge is 0.0654 e. The predicted octanol–water partition coefficient (Wildman–Crippen LogP) is 6.65. The van der Waals surface area contributed by atoms with Gasteiger partial charge in [0.05, 0.1) is 0 Å². The molecule has 0 atom stereocenters. The van der Waals surface area contributed by atoms with Crippen molar-refractivity contribution in [1.29, 1.82) is 0 Å². The maximum Gasteiger partial charge on any atom is -0.0195 e. The summed E-state index contributed by atoms with van der Waals surface area (Å²) in [4.78, 5) is 0. The van der Waals surface area contributed by atoms with E-state index < -0.39 is 0 Å². The Morgan fingerprint density at radius 3 is 1.42 bits per heavy atom. The van der Waals surface area contributed by atoms with Crippen molar-refractivity contribution >= 4 is 18.5 Å². The summed E-state index contributed by atoms with van der Waals surface area (Å²) >= 11 is 0. The van der Waals surface area contributed by atoms with Gasteiger partial charge in [0.25, 0.3) is 0 Å². The average molecular weight is 340 g/mol. The lowest BCUT2D eigenvalue weighted by molar-refractivity contribution is 0.573.